The molecule has 1 aliphatic carbocycles. The maximum Gasteiger partial charge on any atom is 0.341 e. The summed E-state index contributed by atoms with van der Waals surface area (Å²) in [5, 5.41) is 6.98. The van der Waals surface area contributed by atoms with Gasteiger partial charge in [0.15, 0.2) is 0 Å². The largest absolute Gasteiger partial charge is 0.341 e. The number of halogens is 2. The third-order valence-corrected chi connectivity index (χ3v) is 5.66. The van der Waals surface area contributed by atoms with Crippen LogP contribution >= 0.6 is 0 Å². The second-order valence-corrected chi connectivity index (χ2v) is 7.80. The van der Waals surface area contributed by atoms with Gasteiger partial charge in [-0.15, -0.1) is 0 Å². The molecule has 0 radical (unpaired) electrons. The number of aromatic nitrogens is 2. The van der Waals surface area contributed by atoms with Gasteiger partial charge in [0.2, 0.25) is 9.84 Å². The number of nitrogens with one attached hydrogen (secondary N) is 1. The van der Waals surface area contributed by atoms with Crippen LogP contribution in [0.15, 0.2) is 41.4 Å². The Kier molecular flexibility index (Phi) is 4.85. The molecule has 9 heteroatoms. The zero-order chi connectivity index (χ0) is 18.0. The van der Waals surface area contributed by atoms with Crippen LogP contribution in [0.25, 0.3) is 0 Å². The van der Waals surface area contributed by atoms with Crippen molar-refractivity contribution in [2.45, 2.75) is 42.4 Å². The van der Waals surface area contributed by atoms with E-state index in [-0.39, 0.29) is 11.6 Å². The van der Waals surface area contributed by atoms with Crippen LogP contribution in [-0.2, 0) is 9.84 Å². The predicted octanol–water partition coefficient (Wildman–Crippen LogP) is 3.25. The van der Waals surface area contributed by atoms with E-state index in [2.05, 4.69) is 10.4 Å². The van der Waals surface area contributed by atoms with Gasteiger partial charge in [0.1, 0.15) is 5.82 Å². The molecule has 0 saturated heterocycles. The fraction of sp³-hybridized carbons (Fsp3) is 0.375. The SMILES string of the molecule is O=C(Nc1ccnn1C1CCCC1)c1ccc(S(=O)(=O)C(F)F)cc1. The van der Waals surface area contributed by atoms with Gasteiger partial charge in [-0.2, -0.15) is 13.9 Å². The topological polar surface area (TPSA) is 81.1 Å². The molecule has 0 bridgehead atoms. The van der Waals surface area contributed by atoms with Crippen LogP contribution in [0.2, 0.25) is 0 Å². The Bertz CT molecular complexity index is 857. The second-order valence-electron chi connectivity index (χ2n) is 5.88. The first kappa shape index (κ1) is 17.5. The molecule has 1 aromatic carbocycles. The maximum atomic E-state index is 12.5. The van der Waals surface area contributed by atoms with E-state index >= 15 is 0 Å². The van der Waals surface area contributed by atoms with Crippen molar-refractivity contribution >= 4 is 21.6 Å². The normalized spacial score (nSPS) is 15.6. The van der Waals surface area contributed by atoms with Crippen LogP contribution in [0.4, 0.5) is 14.6 Å². The highest BCUT2D eigenvalue weighted by molar-refractivity contribution is 7.91. The van der Waals surface area contributed by atoms with E-state index in [1.54, 1.807) is 16.9 Å². The number of anilines is 1. The Balaban J connectivity index is 1.75. The van der Waals surface area contributed by atoms with E-state index in [1.165, 1.54) is 12.1 Å². The van der Waals surface area contributed by atoms with Crippen molar-refractivity contribution < 1.29 is 22.0 Å². The molecule has 0 atom stereocenters. The summed E-state index contributed by atoms with van der Waals surface area (Å²) in [7, 11) is -4.67. The third-order valence-electron chi connectivity index (χ3n) is 4.26. The molecule has 0 spiro atoms. The smallest absolute Gasteiger partial charge is 0.307 e. The highest BCUT2D eigenvalue weighted by Gasteiger charge is 2.26. The van der Waals surface area contributed by atoms with Crippen LogP contribution in [0, 0.1) is 0 Å². The first-order valence-electron chi connectivity index (χ1n) is 7.86. The zero-order valence-electron chi connectivity index (χ0n) is 13.2. The number of benzene rings is 1. The standard InChI is InChI=1S/C16H17F2N3O3S/c17-16(18)25(23,24)13-7-5-11(6-8-13)15(22)20-14-9-10-19-21(14)12-3-1-2-4-12/h5-10,12,16H,1-4H2,(H,20,22). The van der Waals surface area contributed by atoms with Crippen LogP contribution in [0.3, 0.4) is 0 Å². The Morgan fingerprint density at radius 2 is 1.80 bits per heavy atom. The van der Waals surface area contributed by atoms with Gasteiger partial charge < -0.3 is 5.32 Å². The number of carbonyl (C=O) groups excluding carboxylic acids is 1. The fourth-order valence-corrected chi connectivity index (χ4v) is 3.66. The molecule has 3 rings (SSSR count). The summed E-state index contributed by atoms with van der Waals surface area (Å²) >= 11 is 0. The average Bonchev–Trinajstić information content (AvgIpc) is 3.25. The molecule has 1 N–H and O–H groups in total. The third kappa shape index (κ3) is 3.55. The molecule has 1 heterocycles. The van der Waals surface area contributed by atoms with Gasteiger partial charge in [-0.3, -0.25) is 4.79 Å². The number of amides is 1. The van der Waals surface area contributed by atoms with Crippen molar-refractivity contribution in [1.82, 2.24) is 9.78 Å². The molecule has 1 saturated carbocycles. The van der Waals surface area contributed by atoms with E-state index in [0.29, 0.717) is 5.82 Å². The van der Waals surface area contributed by atoms with Crippen molar-refractivity contribution in [3.05, 3.63) is 42.1 Å². The van der Waals surface area contributed by atoms with Crippen LogP contribution < -0.4 is 5.32 Å². The van der Waals surface area contributed by atoms with Crippen molar-refractivity contribution in [2.24, 2.45) is 0 Å². The summed E-state index contributed by atoms with van der Waals surface area (Å²) in [6.45, 7) is 0. The molecule has 6 nitrogen and oxygen atoms in total. The molecule has 134 valence electrons. The molecule has 1 aliphatic rings. The summed E-state index contributed by atoms with van der Waals surface area (Å²) in [5.41, 5.74) is 0.174. The van der Waals surface area contributed by atoms with Gasteiger partial charge in [-0.25, -0.2) is 13.1 Å². The number of alkyl halides is 2. The van der Waals surface area contributed by atoms with E-state index in [9.17, 15) is 22.0 Å². The first-order chi connectivity index (χ1) is 11.9. The molecule has 1 amide bonds. The minimum atomic E-state index is -4.67. The van der Waals surface area contributed by atoms with Gasteiger partial charge in [0, 0.05) is 11.6 Å². The fourth-order valence-electron chi connectivity index (χ4n) is 2.94. The van der Waals surface area contributed by atoms with Gasteiger partial charge >= 0.3 is 5.76 Å². The number of nitrogens with zero attached hydrogens (tertiary/aromatic N) is 2. The summed E-state index contributed by atoms with van der Waals surface area (Å²) < 4.78 is 49.6. The van der Waals surface area contributed by atoms with Gasteiger partial charge in [0.05, 0.1) is 17.1 Å². The average molecular weight is 369 g/mol. The zero-order valence-corrected chi connectivity index (χ0v) is 14.0. The number of hydrogen-bond donors (Lipinski definition) is 1. The molecular weight excluding hydrogens is 352 g/mol. The lowest BCUT2D eigenvalue weighted by Gasteiger charge is -2.14. The van der Waals surface area contributed by atoms with Gasteiger partial charge in [-0.1, -0.05) is 12.8 Å². The van der Waals surface area contributed by atoms with Crippen LogP contribution in [-0.4, -0.2) is 29.9 Å². The summed E-state index contributed by atoms with van der Waals surface area (Å²) in [4.78, 5) is 11.8. The van der Waals surface area contributed by atoms with Crippen LogP contribution in [0.1, 0.15) is 42.1 Å². The summed E-state index contributed by atoms with van der Waals surface area (Å²) in [6.07, 6.45) is 5.86. The minimum absolute atomic E-state index is 0.174. The van der Waals surface area contributed by atoms with Crippen molar-refractivity contribution in [2.75, 3.05) is 5.32 Å². The Labute approximate surface area is 143 Å². The first-order valence-corrected chi connectivity index (χ1v) is 9.41. The van der Waals surface area contributed by atoms with Crippen molar-refractivity contribution in [1.29, 1.82) is 0 Å². The molecule has 2 aromatic rings. The Hall–Kier alpha value is -2.29. The quantitative estimate of drug-likeness (QED) is 0.877. The van der Waals surface area contributed by atoms with E-state index < -0.39 is 26.4 Å². The summed E-state index contributed by atoms with van der Waals surface area (Å²) in [5.74, 6) is -3.39. The Morgan fingerprint density at radius 3 is 2.40 bits per heavy atom. The lowest BCUT2D eigenvalue weighted by Crippen LogP contribution is -2.18. The molecule has 0 aliphatic heterocycles. The van der Waals surface area contributed by atoms with Crippen molar-refractivity contribution in [3.8, 4) is 0 Å². The van der Waals surface area contributed by atoms with E-state index in [0.717, 1.165) is 37.8 Å². The highest BCUT2D eigenvalue weighted by atomic mass is 32.2. The molecule has 1 aromatic heterocycles. The molecule has 25 heavy (non-hydrogen) atoms. The minimum Gasteiger partial charge on any atom is -0.307 e. The lowest BCUT2D eigenvalue weighted by molar-refractivity contribution is 0.102. The lowest BCUT2D eigenvalue weighted by atomic mass is 10.2. The Morgan fingerprint density at radius 1 is 1.16 bits per heavy atom. The highest BCUT2D eigenvalue weighted by Crippen LogP contribution is 2.31. The summed E-state index contributed by atoms with van der Waals surface area (Å²) in [6, 6.07) is 6.37. The van der Waals surface area contributed by atoms with Gasteiger partial charge in [0.25, 0.3) is 5.91 Å². The number of carbonyl (C=O) groups is 1. The predicted molar refractivity (Wildman–Crippen MR) is 87.3 cm³/mol. The number of hydrogen-bond acceptors (Lipinski definition) is 4. The number of rotatable bonds is 5. The molecule has 1 fully saturated rings. The van der Waals surface area contributed by atoms with Gasteiger partial charge in [-0.05, 0) is 37.1 Å². The molecular formula is C16H17F2N3O3S. The number of sulfone groups is 1. The maximum absolute atomic E-state index is 12.5. The van der Waals surface area contributed by atoms with E-state index in [4.69, 9.17) is 0 Å². The van der Waals surface area contributed by atoms with Crippen LogP contribution in [0.5, 0.6) is 0 Å². The second kappa shape index (κ2) is 6.91. The monoisotopic (exact) mass is 369 g/mol. The molecule has 0 unspecified atom stereocenters. The van der Waals surface area contributed by atoms with Crippen molar-refractivity contribution in [3.63, 3.8) is 0 Å². The van der Waals surface area contributed by atoms with E-state index in [1.807, 2.05) is 0 Å².